The summed E-state index contributed by atoms with van der Waals surface area (Å²) >= 11 is 0. The molecule has 1 atom stereocenters. The number of nitrogens with one attached hydrogen (secondary N) is 1. The van der Waals surface area contributed by atoms with Crippen LogP contribution in [-0.2, 0) is 4.74 Å². The topological polar surface area (TPSA) is 74.2 Å². The number of carbonyl (C=O) groups is 1. The molecule has 0 radical (unpaired) electrons. The van der Waals surface area contributed by atoms with E-state index < -0.39 is 6.03 Å². The molecule has 0 aromatic heterocycles. The summed E-state index contributed by atoms with van der Waals surface area (Å²) in [6, 6.07) is 15.3. The molecule has 0 saturated carbocycles. The van der Waals surface area contributed by atoms with Crippen molar-refractivity contribution >= 4 is 11.9 Å². The van der Waals surface area contributed by atoms with E-state index in [9.17, 15) is 10.0 Å². The van der Waals surface area contributed by atoms with Gasteiger partial charge in [0.05, 0.1) is 0 Å². The van der Waals surface area contributed by atoms with Gasteiger partial charge in [-0.15, -0.1) is 0 Å². The first-order valence-corrected chi connectivity index (χ1v) is 8.62. The molecule has 6 nitrogen and oxygen atoms in total. The van der Waals surface area contributed by atoms with Gasteiger partial charge >= 0.3 is 6.03 Å². The van der Waals surface area contributed by atoms with E-state index in [2.05, 4.69) is 22.2 Å². The third-order valence-corrected chi connectivity index (χ3v) is 4.22. The first-order chi connectivity index (χ1) is 13.1. The number of ether oxygens (including phenoxy) is 1. The van der Waals surface area contributed by atoms with Gasteiger partial charge in [0.1, 0.15) is 19.2 Å². The second-order valence-corrected chi connectivity index (χ2v) is 6.12. The van der Waals surface area contributed by atoms with E-state index in [1.165, 1.54) is 7.05 Å². The van der Waals surface area contributed by atoms with Crippen molar-refractivity contribution < 1.29 is 14.7 Å². The van der Waals surface area contributed by atoms with Crippen LogP contribution in [0.25, 0.3) is 0 Å². The summed E-state index contributed by atoms with van der Waals surface area (Å²) in [5.74, 6) is 6.38. The van der Waals surface area contributed by atoms with Crippen LogP contribution < -0.4 is 5.32 Å². The van der Waals surface area contributed by atoms with Crippen LogP contribution in [0.3, 0.4) is 0 Å². The number of amides is 2. The van der Waals surface area contributed by atoms with Gasteiger partial charge in [0.15, 0.2) is 0 Å². The van der Waals surface area contributed by atoms with Gasteiger partial charge in [-0.2, -0.15) is 5.06 Å². The van der Waals surface area contributed by atoms with Gasteiger partial charge in [0, 0.05) is 18.2 Å². The third-order valence-electron chi connectivity index (χ3n) is 4.22. The molecule has 2 aromatic rings. The Kier molecular flexibility index (Phi) is 5.74. The zero-order valence-corrected chi connectivity index (χ0v) is 15.3. The van der Waals surface area contributed by atoms with E-state index in [1.54, 1.807) is 0 Å². The van der Waals surface area contributed by atoms with Crippen LogP contribution in [-0.4, -0.2) is 42.4 Å². The van der Waals surface area contributed by atoms with Gasteiger partial charge < -0.3 is 10.1 Å². The molecule has 3 rings (SSSR count). The Hall–Kier alpha value is -3.30. The summed E-state index contributed by atoms with van der Waals surface area (Å²) < 4.78 is 5.79. The zero-order valence-electron chi connectivity index (χ0n) is 15.3. The van der Waals surface area contributed by atoms with Gasteiger partial charge in [0.2, 0.25) is 5.90 Å². The van der Waals surface area contributed by atoms with Gasteiger partial charge in [-0.05, 0) is 30.2 Å². The second kappa shape index (κ2) is 8.39. The van der Waals surface area contributed by atoms with E-state index in [4.69, 9.17) is 4.74 Å². The van der Waals surface area contributed by atoms with Crippen LogP contribution in [0.15, 0.2) is 53.5 Å². The third kappa shape index (κ3) is 4.46. The minimum absolute atomic E-state index is 0.00691. The highest BCUT2D eigenvalue weighted by Gasteiger charge is 2.21. The molecule has 2 aromatic carbocycles. The normalized spacial score (nSPS) is 15.2. The molecule has 0 aliphatic carbocycles. The van der Waals surface area contributed by atoms with Gasteiger partial charge in [0.25, 0.3) is 0 Å². The molecule has 0 fully saturated rings. The molecule has 138 valence electrons. The maximum absolute atomic E-state index is 11.3. The molecule has 0 spiro atoms. The van der Waals surface area contributed by atoms with E-state index in [0.717, 1.165) is 22.3 Å². The predicted octanol–water partition coefficient (Wildman–Crippen LogP) is 2.90. The number of hydrogen-bond acceptors (Lipinski definition) is 4. The molecule has 2 N–H and O–H groups in total. The van der Waals surface area contributed by atoms with E-state index in [1.807, 2.05) is 55.5 Å². The average molecular weight is 363 g/mol. The second-order valence-electron chi connectivity index (χ2n) is 6.12. The van der Waals surface area contributed by atoms with Crippen LogP contribution in [0, 0.1) is 18.8 Å². The molecule has 6 heteroatoms. The van der Waals surface area contributed by atoms with Crippen molar-refractivity contribution in [2.75, 3.05) is 20.2 Å². The largest absolute Gasteiger partial charge is 0.475 e. The van der Waals surface area contributed by atoms with Crippen molar-refractivity contribution in [3.63, 3.8) is 0 Å². The lowest BCUT2D eigenvalue weighted by Crippen LogP contribution is -2.35. The Morgan fingerprint density at radius 1 is 1.33 bits per heavy atom. The number of nitrogens with zero attached hydrogens (tertiary/aromatic N) is 2. The molecule has 1 aliphatic heterocycles. The Morgan fingerprint density at radius 2 is 2.11 bits per heavy atom. The minimum atomic E-state index is -0.601. The van der Waals surface area contributed by atoms with Crippen molar-refractivity contribution in [1.29, 1.82) is 0 Å². The van der Waals surface area contributed by atoms with Crippen LogP contribution in [0.2, 0.25) is 0 Å². The highest BCUT2D eigenvalue weighted by molar-refractivity contribution is 5.95. The summed E-state index contributed by atoms with van der Waals surface area (Å²) in [4.78, 5) is 15.9. The molecule has 1 heterocycles. The molecule has 1 aliphatic rings. The van der Waals surface area contributed by atoms with Crippen molar-refractivity contribution in [1.82, 2.24) is 10.4 Å². The highest BCUT2D eigenvalue weighted by Crippen LogP contribution is 2.25. The smallest absolute Gasteiger partial charge is 0.341 e. The van der Waals surface area contributed by atoms with Crippen molar-refractivity contribution in [3.05, 3.63) is 70.8 Å². The number of carbonyl (C=O) groups excluding carboxylic acids is 1. The first kappa shape index (κ1) is 18.5. The lowest BCUT2D eigenvalue weighted by molar-refractivity contribution is -0.0301. The Morgan fingerprint density at radius 3 is 2.85 bits per heavy atom. The fourth-order valence-electron chi connectivity index (χ4n) is 2.68. The van der Waals surface area contributed by atoms with Crippen LogP contribution in [0.5, 0.6) is 0 Å². The highest BCUT2D eigenvalue weighted by atomic mass is 16.5. The SMILES string of the molecule is CNC(=O)N(O)CC#Cc1cc(C2=N[C@H](c3ccccc3)CO2)ccc1C. The summed E-state index contributed by atoms with van der Waals surface area (Å²) in [5, 5.41) is 12.4. The molecule has 0 bridgehead atoms. The van der Waals surface area contributed by atoms with Gasteiger partial charge in [-0.1, -0.05) is 48.2 Å². The van der Waals surface area contributed by atoms with Crippen LogP contribution >= 0.6 is 0 Å². The maximum atomic E-state index is 11.3. The number of rotatable bonds is 3. The lowest BCUT2D eigenvalue weighted by Gasteiger charge is -2.09. The summed E-state index contributed by atoms with van der Waals surface area (Å²) in [6.07, 6.45) is 0. The molecular weight excluding hydrogens is 342 g/mol. The average Bonchev–Trinajstić information content (AvgIpc) is 3.19. The zero-order chi connectivity index (χ0) is 19.2. The van der Waals surface area contributed by atoms with Crippen molar-refractivity contribution in [2.45, 2.75) is 13.0 Å². The number of hydroxylamine groups is 2. The molecule has 0 unspecified atom stereocenters. The number of benzene rings is 2. The number of hydrogen-bond donors (Lipinski definition) is 2. The number of aryl methyl sites for hydroxylation is 1. The summed E-state index contributed by atoms with van der Waals surface area (Å²) in [5.41, 5.74) is 3.77. The van der Waals surface area contributed by atoms with E-state index in [-0.39, 0.29) is 12.6 Å². The van der Waals surface area contributed by atoms with Crippen molar-refractivity contribution in [3.8, 4) is 11.8 Å². The fourth-order valence-corrected chi connectivity index (χ4v) is 2.68. The standard InChI is InChI=1S/C21H21N3O3/c1-15-10-11-18(13-17(15)9-6-12-24(26)21(25)22-2)20-23-19(14-27-20)16-7-4-3-5-8-16/h3-5,7-8,10-11,13,19,26H,12,14H2,1-2H3,(H,22,25)/t19-/m0/s1. The first-order valence-electron chi connectivity index (χ1n) is 8.62. The molecule has 0 saturated heterocycles. The predicted molar refractivity (Wildman–Crippen MR) is 103 cm³/mol. The van der Waals surface area contributed by atoms with Gasteiger partial charge in [-0.25, -0.2) is 9.79 Å². The molecule has 27 heavy (non-hydrogen) atoms. The summed E-state index contributed by atoms with van der Waals surface area (Å²) in [6.45, 7) is 2.38. The lowest BCUT2D eigenvalue weighted by atomic mass is 10.1. The van der Waals surface area contributed by atoms with Crippen LogP contribution in [0.4, 0.5) is 4.79 Å². The quantitative estimate of drug-likeness (QED) is 0.500. The monoisotopic (exact) mass is 363 g/mol. The van der Waals surface area contributed by atoms with E-state index in [0.29, 0.717) is 17.6 Å². The van der Waals surface area contributed by atoms with Gasteiger partial charge in [-0.3, -0.25) is 5.21 Å². The number of urea groups is 1. The Balaban J connectivity index is 1.77. The van der Waals surface area contributed by atoms with Crippen LogP contribution in [0.1, 0.15) is 28.3 Å². The Bertz CT molecular complexity index is 913. The molecule has 2 amide bonds. The number of aliphatic imine (C=N–C) groups is 1. The summed E-state index contributed by atoms with van der Waals surface area (Å²) in [7, 11) is 1.44. The maximum Gasteiger partial charge on any atom is 0.341 e. The Labute approximate surface area is 158 Å². The van der Waals surface area contributed by atoms with Crippen molar-refractivity contribution in [2.24, 2.45) is 4.99 Å². The fraction of sp³-hybridized carbons (Fsp3) is 0.238. The van der Waals surface area contributed by atoms with E-state index >= 15 is 0 Å². The molecular formula is C21H21N3O3. The minimum Gasteiger partial charge on any atom is -0.475 e.